The molecule has 1 saturated heterocycles. The standard InChI is InChI=1S/C35H34N2O6S/c1-34(2,3)43-32(38)36-22-21-29(24-36)44(40,41)28-19-20-30-31(23-28)42-33(39)37(30)35(25-13-7-4-8-14-25,26-15-9-5-10-16-26)27-17-11-6-12-18-27/h4-20,23,29H,21-22,24H2,1-3H3. The van der Waals surface area contributed by atoms with Crippen LogP contribution >= 0.6 is 0 Å². The molecular formula is C35H34N2O6S. The molecule has 0 saturated carbocycles. The number of ether oxygens (including phenoxy) is 1. The zero-order valence-corrected chi connectivity index (χ0v) is 25.7. The molecule has 4 aromatic carbocycles. The molecule has 6 rings (SSSR count). The number of hydrogen-bond donors (Lipinski definition) is 0. The normalized spacial score (nSPS) is 15.9. The highest BCUT2D eigenvalue weighted by molar-refractivity contribution is 7.92. The summed E-state index contributed by atoms with van der Waals surface area (Å²) in [6.07, 6.45) is -0.253. The van der Waals surface area contributed by atoms with Crippen molar-refractivity contribution in [1.29, 1.82) is 0 Å². The first-order valence-corrected chi connectivity index (χ1v) is 16.1. The molecule has 0 bridgehead atoms. The van der Waals surface area contributed by atoms with E-state index in [1.807, 2.05) is 91.0 Å². The molecule has 0 N–H and O–H groups in total. The first-order chi connectivity index (χ1) is 21.0. The van der Waals surface area contributed by atoms with Crippen molar-refractivity contribution in [3.8, 4) is 0 Å². The number of aromatic nitrogens is 1. The lowest BCUT2D eigenvalue weighted by atomic mass is 9.76. The second kappa shape index (κ2) is 11.1. The van der Waals surface area contributed by atoms with Gasteiger partial charge in [-0.05, 0) is 56.0 Å². The number of benzene rings is 4. The SMILES string of the molecule is CC(C)(C)OC(=O)N1CCC(S(=O)(=O)c2ccc3c(c2)oc(=O)n3C(c2ccccc2)(c2ccccc2)c2ccccc2)C1. The van der Waals surface area contributed by atoms with Crippen molar-refractivity contribution in [1.82, 2.24) is 9.47 Å². The van der Waals surface area contributed by atoms with Crippen LogP contribution in [0.15, 0.2) is 123 Å². The molecular weight excluding hydrogens is 576 g/mol. The number of likely N-dealkylation sites (tertiary alicyclic amines) is 1. The monoisotopic (exact) mass is 610 g/mol. The number of fused-ring (bicyclic) bond motifs is 1. The topological polar surface area (TPSA) is 98.8 Å². The minimum absolute atomic E-state index is 0.0272. The Morgan fingerprint density at radius 1 is 0.818 bits per heavy atom. The minimum atomic E-state index is -3.86. The van der Waals surface area contributed by atoms with E-state index in [1.54, 1.807) is 31.4 Å². The van der Waals surface area contributed by atoms with Crippen molar-refractivity contribution >= 4 is 27.0 Å². The highest BCUT2D eigenvalue weighted by atomic mass is 32.2. The van der Waals surface area contributed by atoms with E-state index in [1.165, 1.54) is 17.0 Å². The second-order valence-electron chi connectivity index (χ2n) is 12.0. The molecule has 0 spiro atoms. The van der Waals surface area contributed by atoms with Gasteiger partial charge in [0.1, 0.15) is 11.1 Å². The van der Waals surface area contributed by atoms with Gasteiger partial charge in [0, 0.05) is 19.2 Å². The van der Waals surface area contributed by atoms with Gasteiger partial charge in [-0.15, -0.1) is 0 Å². The molecule has 9 heteroatoms. The van der Waals surface area contributed by atoms with E-state index in [2.05, 4.69) is 0 Å². The van der Waals surface area contributed by atoms with Gasteiger partial charge in [-0.1, -0.05) is 91.0 Å². The van der Waals surface area contributed by atoms with Crippen LogP contribution in [-0.2, 0) is 20.1 Å². The van der Waals surface area contributed by atoms with Crippen LogP contribution in [0.5, 0.6) is 0 Å². The minimum Gasteiger partial charge on any atom is -0.444 e. The summed E-state index contributed by atoms with van der Waals surface area (Å²) in [5.74, 6) is -0.622. The Bertz CT molecular complexity index is 1860. The zero-order valence-electron chi connectivity index (χ0n) is 24.8. The van der Waals surface area contributed by atoms with Gasteiger partial charge in [0.2, 0.25) is 0 Å². The highest BCUT2D eigenvalue weighted by Crippen LogP contribution is 2.42. The van der Waals surface area contributed by atoms with Crippen LogP contribution in [0.1, 0.15) is 43.9 Å². The molecule has 226 valence electrons. The van der Waals surface area contributed by atoms with Crippen molar-refractivity contribution in [2.75, 3.05) is 13.1 Å². The summed E-state index contributed by atoms with van der Waals surface area (Å²) in [7, 11) is -3.86. The molecule has 8 nitrogen and oxygen atoms in total. The molecule has 1 fully saturated rings. The van der Waals surface area contributed by atoms with E-state index in [4.69, 9.17) is 9.15 Å². The Morgan fingerprint density at radius 2 is 1.34 bits per heavy atom. The van der Waals surface area contributed by atoms with Crippen LogP contribution in [0, 0.1) is 0 Å². The third kappa shape index (κ3) is 5.11. The Labute approximate surface area is 256 Å². The molecule has 1 amide bonds. The van der Waals surface area contributed by atoms with E-state index in [0.717, 1.165) is 16.7 Å². The fourth-order valence-electron chi connectivity index (χ4n) is 6.09. The van der Waals surface area contributed by atoms with Gasteiger partial charge in [0.05, 0.1) is 15.7 Å². The van der Waals surface area contributed by atoms with Crippen LogP contribution < -0.4 is 5.76 Å². The number of carbonyl (C=O) groups is 1. The second-order valence-corrected chi connectivity index (χ2v) is 14.3. The first kappa shape index (κ1) is 29.4. The van der Waals surface area contributed by atoms with Crippen molar-refractivity contribution in [3.05, 3.63) is 136 Å². The van der Waals surface area contributed by atoms with E-state index in [0.29, 0.717) is 5.52 Å². The van der Waals surface area contributed by atoms with E-state index < -0.39 is 38.1 Å². The van der Waals surface area contributed by atoms with Crippen molar-refractivity contribution in [2.24, 2.45) is 0 Å². The smallest absolute Gasteiger partial charge is 0.421 e. The van der Waals surface area contributed by atoms with Crippen molar-refractivity contribution in [3.63, 3.8) is 0 Å². The van der Waals surface area contributed by atoms with Gasteiger partial charge in [0.25, 0.3) is 0 Å². The van der Waals surface area contributed by atoms with Crippen molar-refractivity contribution in [2.45, 2.75) is 48.5 Å². The largest absolute Gasteiger partial charge is 0.444 e. The number of rotatable bonds is 6. The van der Waals surface area contributed by atoms with E-state index in [-0.39, 0.29) is 30.0 Å². The first-order valence-electron chi connectivity index (χ1n) is 14.6. The maximum atomic E-state index is 13.9. The molecule has 1 unspecified atom stereocenters. The Morgan fingerprint density at radius 3 is 1.84 bits per heavy atom. The molecule has 1 aromatic heterocycles. The summed E-state index contributed by atoms with van der Waals surface area (Å²) >= 11 is 0. The molecule has 2 heterocycles. The quantitative estimate of drug-likeness (QED) is 0.212. The maximum Gasteiger partial charge on any atom is 0.421 e. The number of carbonyl (C=O) groups excluding carboxylic acids is 1. The number of hydrogen-bond acceptors (Lipinski definition) is 6. The van der Waals surface area contributed by atoms with Crippen LogP contribution in [0.3, 0.4) is 0 Å². The van der Waals surface area contributed by atoms with Gasteiger partial charge >= 0.3 is 11.8 Å². The number of nitrogens with zero attached hydrogens (tertiary/aromatic N) is 2. The van der Waals surface area contributed by atoms with Crippen LogP contribution in [0.2, 0.25) is 0 Å². The van der Waals surface area contributed by atoms with Crippen molar-refractivity contribution < 1.29 is 22.4 Å². The molecule has 1 atom stereocenters. The lowest BCUT2D eigenvalue weighted by Gasteiger charge is -2.36. The Balaban J connectivity index is 1.48. The van der Waals surface area contributed by atoms with Crippen LogP contribution in [0.4, 0.5) is 4.79 Å². The molecule has 44 heavy (non-hydrogen) atoms. The predicted molar refractivity (Wildman–Crippen MR) is 168 cm³/mol. The summed E-state index contributed by atoms with van der Waals surface area (Å²) in [5, 5.41) is -0.807. The number of amides is 1. The lowest BCUT2D eigenvalue weighted by molar-refractivity contribution is 0.0295. The molecule has 1 aliphatic rings. The van der Waals surface area contributed by atoms with E-state index in [9.17, 15) is 18.0 Å². The molecule has 0 aliphatic carbocycles. The maximum absolute atomic E-state index is 13.9. The van der Waals surface area contributed by atoms with Crippen LogP contribution in [0.25, 0.3) is 11.1 Å². The molecule has 5 aromatic rings. The van der Waals surface area contributed by atoms with Gasteiger partial charge in [-0.2, -0.15) is 0 Å². The van der Waals surface area contributed by atoms with Gasteiger partial charge < -0.3 is 14.1 Å². The summed E-state index contributed by atoms with van der Waals surface area (Å²) in [5.41, 5.74) is 1.33. The molecule has 0 radical (unpaired) electrons. The van der Waals surface area contributed by atoms with E-state index >= 15 is 0 Å². The number of oxazole rings is 1. The molecule has 1 aliphatic heterocycles. The fraction of sp³-hybridized carbons (Fsp3) is 0.257. The average molecular weight is 611 g/mol. The fourth-order valence-corrected chi connectivity index (χ4v) is 7.79. The van der Waals surface area contributed by atoms with Crippen LogP contribution in [-0.4, -0.2) is 47.9 Å². The van der Waals surface area contributed by atoms with Gasteiger partial charge in [0.15, 0.2) is 15.4 Å². The predicted octanol–water partition coefficient (Wildman–Crippen LogP) is 6.22. The Hall–Kier alpha value is -4.63. The highest BCUT2D eigenvalue weighted by Gasteiger charge is 2.42. The number of sulfone groups is 1. The van der Waals surface area contributed by atoms with Gasteiger partial charge in [-0.3, -0.25) is 4.57 Å². The summed E-state index contributed by atoms with van der Waals surface area (Å²) in [4.78, 5) is 28.0. The van der Waals surface area contributed by atoms with Gasteiger partial charge in [-0.25, -0.2) is 18.0 Å². The lowest BCUT2D eigenvalue weighted by Crippen LogP contribution is -2.42. The Kier molecular flexibility index (Phi) is 7.45. The average Bonchev–Trinajstić information content (AvgIpc) is 3.64. The summed E-state index contributed by atoms with van der Waals surface area (Å²) in [6.45, 7) is 5.62. The zero-order chi connectivity index (χ0) is 31.1. The third-order valence-corrected chi connectivity index (χ3v) is 10.2. The summed E-state index contributed by atoms with van der Waals surface area (Å²) in [6, 6.07) is 33.7. The summed E-state index contributed by atoms with van der Waals surface area (Å²) < 4.78 is 40.5. The third-order valence-electron chi connectivity index (χ3n) is 8.03.